The highest BCUT2D eigenvalue weighted by molar-refractivity contribution is 5.85. The summed E-state index contributed by atoms with van der Waals surface area (Å²) in [5.41, 5.74) is 1.20. The second-order valence-electron chi connectivity index (χ2n) is 8.07. The van der Waals surface area contributed by atoms with E-state index in [1.807, 2.05) is 4.90 Å². The van der Waals surface area contributed by atoms with E-state index in [2.05, 4.69) is 34.1 Å². The number of carboxylic acid groups (broad SMARTS) is 1. The Kier molecular flexibility index (Phi) is 5.97. The number of rotatable bonds is 7. The molecule has 0 aliphatic carbocycles. The monoisotopic (exact) mass is 393 g/mol. The second-order valence-corrected chi connectivity index (χ2v) is 8.07. The number of carbonyl (C=O) groups excluding carboxylic acids is 2. The molecule has 3 rings (SSSR count). The van der Waals surface area contributed by atoms with Crippen molar-refractivity contribution in [1.82, 2.24) is 25.4 Å². The number of hydrogen-bond donors (Lipinski definition) is 2. The third kappa shape index (κ3) is 4.32. The summed E-state index contributed by atoms with van der Waals surface area (Å²) in [4.78, 5) is 40.2. The lowest BCUT2D eigenvalue weighted by atomic mass is 9.91. The molecule has 0 bridgehead atoms. The molecule has 154 valence electrons. The van der Waals surface area contributed by atoms with E-state index in [0.29, 0.717) is 30.3 Å². The minimum absolute atomic E-state index is 0.0789. The third-order valence-electron chi connectivity index (χ3n) is 5.44. The highest BCUT2D eigenvalue weighted by Gasteiger charge is 2.49. The first-order chi connectivity index (χ1) is 13.3. The van der Waals surface area contributed by atoms with Gasteiger partial charge < -0.3 is 15.3 Å². The molecule has 0 radical (unpaired) electrons. The predicted molar refractivity (Wildman–Crippen MR) is 96.9 cm³/mol. The number of piperazine rings is 1. The average molecular weight is 393 g/mol. The van der Waals surface area contributed by atoms with Crippen molar-refractivity contribution in [2.24, 2.45) is 11.8 Å². The number of aliphatic carboxylic acids is 1. The van der Waals surface area contributed by atoms with Crippen molar-refractivity contribution >= 4 is 17.8 Å². The minimum Gasteiger partial charge on any atom is -0.480 e. The number of nitrogens with one attached hydrogen (secondary N) is 1. The van der Waals surface area contributed by atoms with Crippen molar-refractivity contribution in [1.29, 1.82) is 0 Å². The van der Waals surface area contributed by atoms with Crippen LogP contribution in [0.5, 0.6) is 0 Å². The van der Waals surface area contributed by atoms with Gasteiger partial charge in [-0.15, -0.1) is 0 Å². The number of fused-ring (bicyclic) bond motifs is 1. The molecule has 3 atom stereocenters. The van der Waals surface area contributed by atoms with Crippen LogP contribution in [-0.2, 0) is 20.9 Å². The van der Waals surface area contributed by atoms with Crippen LogP contribution >= 0.6 is 0 Å². The fourth-order valence-electron chi connectivity index (χ4n) is 4.28. The zero-order valence-corrected chi connectivity index (χ0v) is 16.4. The Balaban J connectivity index is 1.72. The van der Waals surface area contributed by atoms with E-state index in [-0.39, 0.29) is 49.5 Å². The summed E-state index contributed by atoms with van der Waals surface area (Å²) in [5.74, 6) is -1.19. The van der Waals surface area contributed by atoms with Gasteiger partial charge in [-0.25, -0.2) is 4.63 Å². The van der Waals surface area contributed by atoms with Crippen molar-refractivity contribution in [3.05, 3.63) is 11.4 Å². The van der Waals surface area contributed by atoms with Gasteiger partial charge >= 0.3 is 5.97 Å². The van der Waals surface area contributed by atoms with Crippen LogP contribution in [0.2, 0.25) is 0 Å². The van der Waals surface area contributed by atoms with Gasteiger partial charge in [0.2, 0.25) is 11.8 Å². The van der Waals surface area contributed by atoms with Gasteiger partial charge in [-0.3, -0.25) is 19.3 Å². The van der Waals surface area contributed by atoms with Crippen LogP contribution in [0.3, 0.4) is 0 Å². The molecule has 3 heterocycles. The van der Waals surface area contributed by atoms with Crippen LogP contribution in [-0.4, -0.2) is 74.7 Å². The summed E-state index contributed by atoms with van der Waals surface area (Å²) in [6, 6.07) is -0.323. The number of amides is 2. The highest BCUT2D eigenvalue weighted by atomic mass is 16.6. The maximum atomic E-state index is 12.9. The van der Waals surface area contributed by atoms with Crippen LogP contribution in [0.15, 0.2) is 4.63 Å². The Morgan fingerprint density at radius 3 is 2.71 bits per heavy atom. The predicted octanol–water partition coefficient (Wildman–Crippen LogP) is 0.0262. The molecular weight excluding hydrogens is 366 g/mol. The smallest absolute Gasteiger partial charge is 0.317 e. The number of nitrogens with zero attached hydrogens (tertiary/aromatic N) is 4. The number of hydrogen-bond acceptors (Lipinski definition) is 7. The standard InChI is InChI=1S/C18H27N5O5/c1-10(2)4-15-13(18(27)19-6-14-11(3)20-28-21-14)5-12-7-22(9-17(25)26)8-16(24)23(12)15/h10,12-13,15H,4-9H2,1-3H3,(H,19,27)(H,25,26)/t12-,13-,15-/m1/s1. The molecule has 0 unspecified atom stereocenters. The number of carbonyl (C=O) groups is 3. The van der Waals surface area contributed by atoms with E-state index in [0.717, 1.165) is 6.42 Å². The molecule has 1 aromatic heterocycles. The summed E-state index contributed by atoms with van der Waals surface area (Å²) in [6.07, 6.45) is 1.25. The number of carboxylic acids is 1. The topological polar surface area (TPSA) is 129 Å². The molecule has 2 saturated heterocycles. The molecule has 28 heavy (non-hydrogen) atoms. The summed E-state index contributed by atoms with van der Waals surface area (Å²) in [7, 11) is 0. The molecule has 0 spiro atoms. The van der Waals surface area contributed by atoms with Gasteiger partial charge in [0, 0.05) is 18.6 Å². The molecule has 2 aliphatic heterocycles. The van der Waals surface area contributed by atoms with E-state index in [1.165, 1.54) is 0 Å². The fourth-order valence-corrected chi connectivity index (χ4v) is 4.28. The van der Waals surface area contributed by atoms with Crippen LogP contribution in [0.1, 0.15) is 38.1 Å². The van der Waals surface area contributed by atoms with Crippen LogP contribution in [0.4, 0.5) is 0 Å². The highest BCUT2D eigenvalue weighted by Crippen LogP contribution is 2.36. The molecule has 2 fully saturated rings. The van der Waals surface area contributed by atoms with E-state index in [9.17, 15) is 14.4 Å². The summed E-state index contributed by atoms with van der Waals surface area (Å²) < 4.78 is 4.65. The molecule has 0 aromatic carbocycles. The Morgan fingerprint density at radius 1 is 1.36 bits per heavy atom. The molecule has 2 amide bonds. The van der Waals surface area contributed by atoms with Gasteiger partial charge in [-0.2, -0.15) is 0 Å². The number of aromatic nitrogens is 2. The first-order valence-electron chi connectivity index (χ1n) is 9.57. The Hall–Kier alpha value is -2.49. The summed E-state index contributed by atoms with van der Waals surface area (Å²) in [5, 5.41) is 19.4. The van der Waals surface area contributed by atoms with E-state index >= 15 is 0 Å². The van der Waals surface area contributed by atoms with Gasteiger partial charge in [-0.1, -0.05) is 24.2 Å². The first-order valence-corrected chi connectivity index (χ1v) is 9.57. The lowest BCUT2D eigenvalue weighted by Gasteiger charge is -2.39. The lowest BCUT2D eigenvalue weighted by molar-refractivity contribution is -0.145. The molecule has 0 saturated carbocycles. The zero-order chi connectivity index (χ0) is 20.4. The first kappa shape index (κ1) is 20.2. The van der Waals surface area contributed by atoms with Crippen molar-refractivity contribution < 1.29 is 24.1 Å². The van der Waals surface area contributed by atoms with E-state index in [4.69, 9.17) is 5.11 Å². The maximum Gasteiger partial charge on any atom is 0.317 e. The zero-order valence-electron chi connectivity index (χ0n) is 16.4. The fraction of sp³-hybridized carbons (Fsp3) is 0.722. The Labute approximate surface area is 163 Å². The van der Waals surface area contributed by atoms with Crippen molar-refractivity contribution in [2.45, 2.75) is 52.2 Å². The van der Waals surface area contributed by atoms with Crippen molar-refractivity contribution in [3.8, 4) is 0 Å². The molecule has 2 aliphatic rings. The molecular formula is C18H27N5O5. The van der Waals surface area contributed by atoms with Crippen molar-refractivity contribution in [2.75, 3.05) is 19.6 Å². The van der Waals surface area contributed by atoms with Gasteiger partial charge in [-0.05, 0) is 25.7 Å². The van der Waals surface area contributed by atoms with Crippen LogP contribution in [0, 0.1) is 18.8 Å². The third-order valence-corrected chi connectivity index (χ3v) is 5.44. The van der Waals surface area contributed by atoms with Crippen LogP contribution in [0.25, 0.3) is 0 Å². The summed E-state index contributed by atoms with van der Waals surface area (Å²) in [6.45, 7) is 6.50. The van der Waals surface area contributed by atoms with E-state index in [1.54, 1.807) is 11.8 Å². The SMILES string of the molecule is Cc1nonc1CNC(=O)[C@@H]1C[C@@H]2CN(CC(=O)O)CC(=O)N2[C@@H]1CC(C)C. The van der Waals surface area contributed by atoms with Gasteiger partial charge in [0.1, 0.15) is 11.4 Å². The van der Waals surface area contributed by atoms with Crippen LogP contribution < -0.4 is 5.32 Å². The quantitative estimate of drug-likeness (QED) is 0.664. The van der Waals surface area contributed by atoms with Gasteiger partial charge in [0.15, 0.2) is 0 Å². The van der Waals surface area contributed by atoms with Gasteiger partial charge in [0.05, 0.1) is 25.6 Å². The largest absolute Gasteiger partial charge is 0.480 e. The molecule has 10 heteroatoms. The minimum atomic E-state index is -0.955. The molecule has 1 aromatic rings. The summed E-state index contributed by atoms with van der Waals surface area (Å²) >= 11 is 0. The van der Waals surface area contributed by atoms with Gasteiger partial charge in [0.25, 0.3) is 0 Å². The second kappa shape index (κ2) is 8.26. The number of aryl methyl sites for hydroxylation is 1. The molecule has 2 N–H and O–H groups in total. The Bertz CT molecular complexity index is 748. The lowest BCUT2D eigenvalue weighted by Crippen LogP contribution is -2.57. The average Bonchev–Trinajstić information content (AvgIpc) is 3.15. The van der Waals surface area contributed by atoms with Crippen molar-refractivity contribution in [3.63, 3.8) is 0 Å². The Morgan fingerprint density at radius 2 is 2.11 bits per heavy atom. The maximum absolute atomic E-state index is 12.9. The normalized spacial score (nSPS) is 25.2. The van der Waals surface area contributed by atoms with E-state index < -0.39 is 5.97 Å². The molecule has 10 nitrogen and oxygen atoms in total.